The summed E-state index contributed by atoms with van der Waals surface area (Å²) in [6.45, 7) is 0. The SMILES string of the molecule is Ic1cc2ccccc2nc1C1CCCCC1. The Bertz CT molecular complexity index is 529. The summed E-state index contributed by atoms with van der Waals surface area (Å²) >= 11 is 2.45. The number of rotatable bonds is 1. The predicted molar refractivity (Wildman–Crippen MR) is 80.3 cm³/mol. The van der Waals surface area contributed by atoms with Crippen LogP contribution in [0.2, 0.25) is 0 Å². The molecule has 17 heavy (non-hydrogen) atoms. The summed E-state index contributed by atoms with van der Waals surface area (Å²) in [5, 5.41) is 1.26. The Hall–Kier alpha value is -0.640. The van der Waals surface area contributed by atoms with Crippen molar-refractivity contribution in [2.24, 2.45) is 0 Å². The van der Waals surface area contributed by atoms with Crippen molar-refractivity contribution in [1.82, 2.24) is 4.98 Å². The normalized spacial score (nSPS) is 17.5. The summed E-state index contributed by atoms with van der Waals surface area (Å²) in [6.07, 6.45) is 6.79. The van der Waals surface area contributed by atoms with E-state index in [4.69, 9.17) is 4.98 Å². The van der Waals surface area contributed by atoms with Gasteiger partial charge in [0.15, 0.2) is 0 Å². The van der Waals surface area contributed by atoms with Crippen LogP contribution >= 0.6 is 22.6 Å². The van der Waals surface area contributed by atoms with Gasteiger partial charge in [-0.1, -0.05) is 37.5 Å². The highest BCUT2D eigenvalue weighted by Crippen LogP contribution is 2.34. The molecular formula is C15H16IN. The zero-order valence-electron chi connectivity index (χ0n) is 9.82. The van der Waals surface area contributed by atoms with Gasteiger partial charge in [-0.3, -0.25) is 4.98 Å². The average molecular weight is 337 g/mol. The highest BCUT2D eigenvalue weighted by Gasteiger charge is 2.19. The molecule has 2 aromatic rings. The molecule has 1 aliphatic carbocycles. The second kappa shape index (κ2) is 4.92. The molecule has 1 aliphatic rings. The van der Waals surface area contributed by atoms with Crippen LogP contribution in [0.1, 0.15) is 43.7 Å². The van der Waals surface area contributed by atoms with Gasteiger partial charge in [0.25, 0.3) is 0 Å². The molecule has 0 amide bonds. The standard InChI is InChI=1S/C15H16IN/c16-13-10-12-8-4-5-9-14(12)17-15(13)11-6-2-1-3-7-11/h4-5,8-11H,1-3,6-7H2. The molecule has 1 aromatic heterocycles. The van der Waals surface area contributed by atoms with E-state index in [1.54, 1.807) is 0 Å². The molecule has 2 heteroatoms. The van der Waals surface area contributed by atoms with Crippen LogP contribution < -0.4 is 0 Å². The Labute approximate surface area is 116 Å². The van der Waals surface area contributed by atoms with E-state index < -0.39 is 0 Å². The van der Waals surface area contributed by atoms with Crippen LogP contribution in [0.25, 0.3) is 10.9 Å². The van der Waals surface area contributed by atoms with Gasteiger partial charge >= 0.3 is 0 Å². The van der Waals surface area contributed by atoms with Gasteiger partial charge in [0.05, 0.1) is 11.2 Å². The van der Waals surface area contributed by atoms with Gasteiger partial charge in [-0.05, 0) is 47.6 Å². The number of benzene rings is 1. The Balaban J connectivity index is 2.06. The number of para-hydroxylation sites is 1. The Morgan fingerprint density at radius 3 is 2.65 bits per heavy atom. The topological polar surface area (TPSA) is 12.9 Å². The van der Waals surface area contributed by atoms with E-state index in [9.17, 15) is 0 Å². The summed E-state index contributed by atoms with van der Waals surface area (Å²) in [5.74, 6) is 0.695. The molecule has 1 aromatic carbocycles. The lowest BCUT2D eigenvalue weighted by atomic mass is 9.86. The van der Waals surface area contributed by atoms with E-state index in [-0.39, 0.29) is 0 Å². The first kappa shape index (κ1) is 11.5. The van der Waals surface area contributed by atoms with Gasteiger partial charge < -0.3 is 0 Å². The third kappa shape index (κ3) is 2.32. The van der Waals surface area contributed by atoms with Crippen LogP contribution in [0.3, 0.4) is 0 Å². The van der Waals surface area contributed by atoms with Crippen LogP contribution in [0.4, 0.5) is 0 Å². The fraction of sp³-hybridized carbons (Fsp3) is 0.400. The van der Waals surface area contributed by atoms with Crippen molar-refractivity contribution in [1.29, 1.82) is 0 Å². The number of aromatic nitrogens is 1. The van der Waals surface area contributed by atoms with Crippen molar-refractivity contribution in [3.05, 3.63) is 39.6 Å². The molecule has 88 valence electrons. The summed E-state index contributed by atoms with van der Waals surface area (Å²) < 4.78 is 1.34. The first-order valence-corrected chi connectivity index (χ1v) is 7.47. The van der Waals surface area contributed by atoms with Gasteiger partial charge in [-0.2, -0.15) is 0 Å². The molecule has 1 fully saturated rings. The maximum absolute atomic E-state index is 4.89. The van der Waals surface area contributed by atoms with E-state index in [0.29, 0.717) is 5.92 Å². The molecule has 0 spiro atoms. The Kier molecular flexibility index (Phi) is 3.32. The largest absolute Gasteiger partial charge is 0.251 e. The summed E-state index contributed by atoms with van der Waals surface area (Å²) in [5.41, 5.74) is 2.48. The maximum Gasteiger partial charge on any atom is 0.0706 e. The lowest BCUT2D eigenvalue weighted by Gasteiger charge is -2.22. The minimum Gasteiger partial charge on any atom is -0.251 e. The van der Waals surface area contributed by atoms with Crippen LogP contribution in [-0.4, -0.2) is 4.98 Å². The molecule has 0 unspecified atom stereocenters. The number of nitrogens with zero attached hydrogens (tertiary/aromatic N) is 1. The van der Waals surface area contributed by atoms with Gasteiger partial charge in [0.1, 0.15) is 0 Å². The third-order valence-corrected chi connectivity index (χ3v) is 4.56. The lowest BCUT2D eigenvalue weighted by molar-refractivity contribution is 0.436. The van der Waals surface area contributed by atoms with Crippen molar-refractivity contribution >= 4 is 33.5 Å². The van der Waals surface area contributed by atoms with Gasteiger partial charge in [-0.15, -0.1) is 0 Å². The predicted octanol–water partition coefficient (Wildman–Crippen LogP) is 4.89. The number of fused-ring (bicyclic) bond motifs is 1. The van der Waals surface area contributed by atoms with E-state index >= 15 is 0 Å². The molecular weight excluding hydrogens is 321 g/mol. The van der Waals surface area contributed by atoms with Crippen LogP contribution in [0.15, 0.2) is 30.3 Å². The number of hydrogen-bond donors (Lipinski definition) is 0. The maximum atomic E-state index is 4.89. The van der Waals surface area contributed by atoms with Crippen molar-refractivity contribution in [3.8, 4) is 0 Å². The number of halogens is 1. The van der Waals surface area contributed by atoms with Gasteiger partial charge in [0, 0.05) is 14.9 Å². The molecule has 0 saturated heterocycles. The van der Waals surface area contributed by atoms with Crippen LogP contribution in [-0.2, 0) is 0 Å². The smallest absolute Gasteiger partial charge is 0.0706 e. The van der Waals surface area contributed by atoms with Gasteiger partial charge in [-0.25, -0.2) is 0 Å². The zero-order valence-corrected chi connectivity index (χ0v) is 12.0. The fourth-order valence-corrected chi connectivity index (χ4v) is 3.66. The molecule has 3 rings (SSSR count). The Morgan fingerprint density at radius 1 is 1.06 bits per heavy atom. The second-order valence-corrected chi connectivity index (χ2v) is 6.05. The molecule has 0 bridgehead atoms. The minimum atomic E-state index is 0.695. The molecule has 1 saturated carbocycles. The van der Waals surface area contributed by atoms with Gasteiger partial charge in [0.2, 0.25) is 0 Å². The molecule has 1 nitrogen and oxygen atoms in total. The highest BCUT2D eigenvalue weighted by molar-refractivity contribution is 14.1. The first-order valence-electron chi connectivity index (χ1n) is 6.40. The van der Waals surface area contributed by atoms with E-state index in [1.807, 2.05) is 0 Å². The zero-order chi connectivity index (χ0) is 11.7. The van der Waals surface area contributed by atoms with E-state index in [1.165, 1.54) is 46.8 Å². The van der Waals surface area contributed by atoms with Crippen molar-refractivity contribution < 1.29 is 0 Å². The summed E-state index contributed by atoms with van der Waals surface area (Å²) in [6, 6.07) is 10.7. The van der Waals surface area contributed by atoms with Crippen LogP contribution in [0.5, 0.6) is 0 Å². The molecule has 0 atom stereocenters. The first-order chi connectivity index (χ1) is 8.34. The minimum absolute atomic E-state index is 0.695. The van der Waals surface area contributed by atoms with Crippen LogP contribution in [0, 0.1) is 3.57 Å². The monoisotopic (exact) mass is 337 g/mol. The van der Waals surface area contributed by atoms with Crippen molar-refractivity contribution in [2.45, 2.75) is 38.0 Å². The quantitative estimate of drug-likeness (QED) is 0.676. The van der Waals surface area contributed by atoms with E-state index in [2.05, 4.69) is 52.9 Å². The number of pyridine rings is 1. The number of hydrogen-bond acceptors (Lipinski definition) is 1. The average Bonchev–Trinajstić information content (AvgIpc) is 2.39. The summed E-state index contributed by atoms with van der Waals surface area (Å²) in [7, 11) is 0. The summed E-state index contributed by atoms with van der Waals surface area (Å²) in [4.78, 5) is 4.89. The highest BCUT2D eigenvalue weighted by atomic mass is 127. The fourth-order valence-electron chi connectivity index (χ4n) is 2.77. The third-order valence-electron chi connectivity index (χ3n) is 3.70. The van der Waals surface area contributed by atoms with E-state index in [0.717, 1.165) is 5.52 Å². The molecule has 0 radical (unpaired) electrons. The van der Waals surface area contributed by atoms with Crippen molar-refractivity contribution in [2.75, 3.05) is 0 Å². The Morgan fingerprint density at radius 2 is 1.82 bits per heavy atom. The molecule has 0 N–H and O–H groups in total. The molecule has 0 aliphatic heterocycles. The molecule has 1 heterocycles. The van der Waals surface area contributed by atoms with Crippen molar-refractivity contribution in [3.63, 3.8) is 0 Å². The second-order valence-electron chi connectivity index (χ2n) is 4.88. The lowest BCUT2D eigenvalue weighted by Crippen LogP contribution is -2.08.